The molecule has 0 amide bonds. The van der Waals surface area contributed by atoms with Crippen LogP contribution in [0.15, 0.2) is 11.6 Å². The lowest BCUT2D eigenvalue weighted by Crippen LogP contribution is -2.50. The minimum absolute atomic E-state index is 0.0440. The highest BCUT2D eigenvalue weighted by atomic mass is 31.2. The van der Waals surface area contributed by atoms with Gasteiger partial charge in [0.2, 0.25) is 0 Å². The lowest BCUT2D eigenvalue weighted by Gasteiger charge is -2.42. The van der Waals surface area contributed by atoms with Crippen molar-refractivity contribution in [2.45, 2.75) is 39.0 Å². The van der Waals surface area contributed by atoms with Crippen molar-refractivity contribution in [3.63, 3.8) is 0 Å². The zero-order valence-electron chi connectivity index (χ0n) is 14.2. The molecule has 2 bridgehead atoms. The van der Waals surface area contributed by atoms with Gasteiger partial charge in [-0.05, 0) is 26.8 Å². The summed E-state index contributed by atoms with van der Waals surface area (Å²) < 4.78 is 62.0. The maximum absolute atomic E-state index is 15.0. The largest absolute Gasteiger partial charge is 0.466 e. The molecule has 2 aliphatic heterocycles. The normalized spacial score (nSPS) is 26.2. The molecule has 142 valence electrons. The Morgan fingerprint density at radius 1 is 1.28 bits per heavy atom. The van der Waals surface area contributed by atoms with Crippen molar-refractivity contribution in [2.75, 3.05) is 19.8 Å². The molecule has 1 aliphatic carbocycles. The number of carbonyl (C=O) groups excluding carboxylic acids is 2. The fourth-order valence-corrected chi connectivity index (χ4v) is 4.65. The summed E-state index contributed by atoms with van der Waals surface area (Å²) in [6.45, 7) is 3.90. The first-order chi connectivity index (χ1) is 11.7. The molecular weight excluding hydrogens is 361 g/mol. The Balaban J connectivity index is 2.44. The summed E-state index contributed by atoms with van der Waals surface area (Å²) in [6.07, 6.45) is 0.0685. The van der Waals surface area contributed by atoms with Gasteiger partial charge in [0, 0.05) is 12.0 Å². The zero-order valence-corrected chi connectivity index (χ0v) is 15.1. The first kappa shape index (κ1) is 20.0. The molecule has 7 nitrogen and oxygen atoms in total. The first-order valence-corrected chi connectivity index (χ1v) is 9.62. The molecule has 0 spiro atoms. The highest BCUT2D eigenvalue weighted by Crippen LogP contribution is 2.67. The van der Waals surface area contributed by atoms with E-state index in [-0.39, 0.29) is 26.2 Å². The van der Waals surface area contributed by atoms with Crippen LogP contribution in [-0.4, -0.2) is 43.5 Å². The van der Waals surface area contributed by atoms with Crippen LogP contribution in [-0.2, 0) is 32.7 Å². The van der Waals surface area contributed by atoms with Crippen molar-refractivity contribution in [1.29, 1.82) is 0 Å². The smallest absolute Gasteiger partial charge is 0.404 e. The van der Waals surface area contributed by atoms with Crippen LogP contribution in [0.1, 0.15) is 27.2 Å². The number of hydrogen-bond acceptors (Lipinski definition) is 7. The molecule has 0 saturated carbocycles. The minimum Gasteiger partial charge on any atom is -0.466 e. The van der Waals surface area contributed by atoms with Gasteiger partial charge in [-0.3, -0.25) is 14.2 Å². The Kier molecular flexibility index (Phi) is 6.01. The second-order valence-corrected chi connectivity index (χ2v) is 7.62. The van der Waals surface area contributed by atoms with Gasteiger partial charge in [-0.1, -0.05) is 0 Å². The molecule has 0 aromatic carbocycles. The van der Waals surface area contributed by atoms with E-state index >= 15 is 8.78 Å². The van der Waals surface area contributed by atoms with E-state index in [2.05, 4.69) is 0 Å². The second kappa shape index (κ2) is 7.51. The quantitative estimate of drug-likeness (QED) is 0.362. The number of hydrogen-bond donors (Lipinski definition) is 0. The third kappa shape index (κ3) is 3.50. The summed E-state index contributed by atoms with van der Waals surface area (Å²) in [5, 5.41) is 0. The van der Waals surface area contributed by atoms with E-state index in [1.54, 1.807) is 6.92 Å². The summed E-state index contributed by atoms with van der Waals surface area (Å²) >= 11 is 0. The average molecular weight is 382 g/mol. The van der Waals surface area contributed by atoms with Crippen molar-refractivity contribution >= 4 is 19.5 Å². The molecule has 3 aliphatic rings. The van der Waals surface area contributed by atoms with E-state index in [1.165, 1.54) is 13.8 Å². The standard InChI is InChI=1S/C15H21F2O7P/c1-4-21-13(18)10-7-9-8-11(12(10)14(19)24-9)15(16,17)25(20,22-5-2)23-6-3/h8-10,12H,4-7H2,1-3H3/t9-,10-,12+/m1/s1. The van der Waals surface area contributed by atoms with Gasteiger partial charge in [0.25, 0.3) is 0 Å². The number of carbonyl (C=O) groups is 2. The number of rotatable bonds is 8. The second-order valence-electron chi connectivity index (χ2n) is 5.54. The molecule has 3 rings (SSSR count). The van der Waals surface area contributed by atoms with Crippen LogP contribution in [0.25, 0.3) is 0 Å². The van der Waals surface area contributed by atoms with Crippen LogP contribution in [0.4, 0.5) is 8.78 Å². The average Bonchev–Trinajstić information content (AvgIpc) is 2.54. The summed E-state index contributed by atoms with van der Waals surface area (Å²) in [5.41, 5.74) is -4.82. The summed E-state index contributed by atoms with van der Waals surface area (Å²) in [5.74, 6) is -4.42. The topological polar surface area (TPSA) is 88.1 Å². The van der Waals surface area contributed by atoms with Gasteiger partial charge >= 0.3 is 25.2 Å². The minimum atomic E-state index is -4.88. The predicted molar refractivity (Wildman–Crippen MR) is 82.0 cm³/mol. The van der Waals surface area contributed by atoms with Gasteiger partial charge in [-0.2, -0.15) is 8.78 Å². The molecule has 0 aromatic heterocycles. The van der Waals surface area contributed by atoms with Crippen molar-refractivity contribution in [3.05, 3.63) is 11.6 Å². The zero-order chi connectivity index (χ0) is 18.8. The monoisotopic (exact) mass is 382 g/mol. The number of halogens is 2. The van der Waals surface area contributed by atoms with Crippen LogP contribution in [0.3, 0.4) is 0 Å². The molecule has 1 fully saturated rings. The highest BCUT2D eigenvalue weighted by Gasteiger charge is 2.63. The van der Waals surface area contributed by atoms with Gasteiger partial charge < -0.3 is 18.5 Å². The van der Waals surface area contributed by atoms with Gasteiger partial charge in [0.15, 0.2) is 0 Å². The Hall–Kier alpha value is -1.31. The third-order valence-corrected chi connectivity index (χ3v) is 6.13. The molecule has 0 N–H and O–H groups in total. The molecule has 2 heterocycles. The summed E-state index contributed by atoms with van der Waals surface area (Å²) in [4.78, 5) is 24.2. The predicted octanol–water partition coefficient (Wildman–Crippen LogP) is 2.90. The van der Waals surface area contributed by atoms with Crippen LogP contribution >= 0.6 is 7.60 Å². The lowest BCUT2D eigenvalue weighted by atomic mass is 9.75. The summed E-state index contributed by atoms with van der Waals surface area (Å²) in [7, 11) is -4.88. The van der Waals surface area contributed by atoms with Gasteiger partial charge in [-0.25, -0.2) is 0 Å². The van der Waals surface area contributed by atoms with Crippen molar-refractivity contribution < 1.29 is 41.5 Å². The van der Waals surface area contributed by atoms with Crippen LogP contribution in [0.2, 0.25) is 0 Å². The SMILES string of the molecule is CCOC(=O)[C@@H]1C[C@@H]2C=C(C(F)(F)P(=O)(OCC)OCC)[C@H]1C(=O)O2. The molecular formula is C15H21F2O7P. The molecule has 0 aromatic rings. The molecule has 10 heteroatoms. The van der Waals surface area contributed by atoms with Crippen molar-refractivity contribution in [1.82, 2.24) is 0 Å². The molecule has 3 atom stereocenters. The van der Waals surface area contributed by atoms with E-state index in [0.29, 0.717) is 0 Å². The van der Waals surface area contributed by atoms with E-state index < -0.39 is 48.7 Å². The first-order valence-electron chi connectivity index (χ1n) is 8.08. The highest BCUT2D eigenvalue weighted by molar-refractivity contribution is 7.55. The molecule has 0 unspecified atom stereocenters. The van der Waals surface area contributed by atoms with Crippen LogP contribution in [0.5, 0.6) is 0 Å². The Morgan fingerprint density at radius 2 is 1.88 bits per heavy atom. The van der Waals surface area contributed by atoms with E-state index in [9.17, 15) is 14.2 Å². The fraction of sp³-hybridized carbons (Fsp3) is 0.733. The maximum Gasteiger partial charge on any atom is 0.404 e. The lowest BCUT2D eigenvalue weighted by molar-refractivity contribution is -0.174. The van der Waals surface area contributed by atoms with Crippen molar-refractivity contribution in [2.24, 2.45) is 11.8 Å². The molecule has 1 saturated heterocycles. The Morgan fingerprint density at radius 3 is 2.36 bits per heavy atom. The third-order valence-electron chi connectivity index (χ3n) is 3.99. The van der Waals surface area contributed by atoms with E-state index in [4.69, 9.17) is 18.5 Å². The summed E-state index contributed by atoms with van der Waals surface area (Å²) in [6, 6.07) is 0. The molecule has 25 heavy (non-hydrogen) atoms. The van der Waals surface area contributed by atoms with Crippen LogP contribution in [0, 0.1) is 11.8 Å². The van der Waals surface area contributed by atoms with Gasteiger partial charge in [0.1, 0.15) is 6.10 Å². The Labute approximate surface area is 144 Å². The van der Waals surface area contributed by atoms with Crippen LogP contribution < -0.4 is 0 Å². The van der Waals surface area contributed by atoms with E-state index in [0.717, 1.165) is 6.08 Å². The number of alkyl halides is 2. The fourth-order valence-electron chi connectivity index (χ4n) is 3.04. The van der Waals surface area contributed by atoms with Gasteiger partial charge in [0.05, 0.1) is 31.7 Å². The number of esters is 2. The van der Waals surface area contributed by atoms with E-state index in [1.807, 2.05) is 0 Å². The Bertz CT molecular complexity index is 609. The number of ether oxygens (including phenoxy) is 2. The van der Waals surface area contributed by atoms with Crippen molar-refractivity contribution in [3.8, 4) is 0 Å². The van der Waals surface area contributed by atoms with Gasteiger partial charge in [-0.15, -0.1) is 0 Å². The maximum atomic E-state index is 15.0. The number of fused-ring (bicyclic) bond motifs is 2. The molecule has 0 radical (unpaired) electrons.